The zero-order valence-electron chi connectivity index (χ0n) is 12.1. The predicted molar refractivity (Wildman–Crippen MR) is 77.7 cm³/mol. The van der Waals surface area contributed by atoms with E-state index in [9.17, 15) is 4.79 Å². The fourth-order valence-electron chi connectivity index (χ4n) is 2.02. The van der Waals surface area contributed by atoms with Gasteiger partial charge in [-0.05, 0) is 12.1 Å². The summed E-state index contributed by atoms with van der Waals surface area (Å²) in [6.45, 7) is 0. The normalized spacial score (nSPS) is 10.3. The summed E-state index contributed by atoms with van der Waals surface area (Å²) in [4.78, 5) is 12.6. The summed E-state index contributed by atoms with van der Waals surface area (Å²) >= 11 is 6.00. The predicted octanol–water partition coefficient (Wildman–Crippen LogP) is 2.33. The monoisotopic (exact) mass is 310 g/mol. The number of rotatable bonds is 5. The summed E-state index contributed by atoms with van der Waals surface area (Å²) in [5.41, 5.74) is 0.668. The summed E-state index contributed by atoms with van der Waals surface area (Å²) in [5.74, 6) is 0.948. The Kier molecular flexibility index (Phi) is 4.37. The second kappa shape index (κ2) is 6.05. The summed E-state index contributed by atoms with van der Waals surface area (Å²) in [5, 5.41) is 4.25. The number of aromatic nitrogens is 2. The van der Waals surface area contributed by atoms with E-state index < -0.39 is 0 Å². The topological polar surface area (TPSA) is 62.6 Å². The standard InChI is InChI=1S/C14H15ClN2O4/c1-17-12(9(15)7-16-17)13(18)8-5-10(19-2)14(21-4)11(6-8)20-3/h5-7H,1-4H3. The van der Waals surface area contributed by atoms with Gasteiger partial charge in [0.25, 0.3) is 0 Å². The fraction of sp³-hybridized carbons (Fsp3) is 0.286. The van der Waals surface area contributed by atoms with Crippen molar-refractivity contribution in [3.05, 3.63) is 34.6 Å². The van der Waals surface area contributed by atoms with Crippen LogP contribution < -0.4 is 14.2 Å². The number of hydrogen-bond donors (Lipinski definition) is 0. The van der Waals surface area contributed by atoms with Gasteiger partial charge in [-0.3, -0.25) is 9.48 Å². The van der Waals surface area contributed by atoms with E-state index in [0.717, 1.165) is 0 Å². The second-order valence-corrected chi connectivity index (χ2v) is 4.62. The molecule has 0 fully saturated rings. The van der Waals surface area contributed by atoms with Gasteiger partial charge in [0.15, 0.2) is 11.5 Å². The molecule has 112 valence electrons. The van der Waals surface area contributed by atoms with Gasteiger partial charge in [0.1, 0.15) is 5.69 Å². The third-order valence-electron chi connectivity index (χ3n) is 3.04. The van der Waals surface area contributed by atoms with Gasteiger partial charge in [-0.25, -0.2) is 0 Å². The number of carbonyl (C=O) groups excluding carboxylic acids is 1. The molecular weight excluding hydrogens is 296 g/mol. The molecule has 2 rings (SSSR count). The van der Waals surface area contributed by atoms with E-state index in [1.807, 2.05) is 0 Å². The van der Waals surface area contributed by atoms with Crippen molar-refractivity contribution in [1.29, 1.82) is 0 Å². The lowest BCUT2D eigenvalue weighted by Crippen LogP contribution is -2.09. The van der Waals surface area contributed by atoms with Crippen LogP contribution in [0.3, 0.4) is 0 Å². The van der Waals surface area contributed by atoms with E-state index in [-0.39, 0.29) is 10.8 Å². The van der Waals surface area contributed by atoms with Crippen LogP contribution in [0.5, 0.6) is 17.2 Å². The number of methoxy groups -OCH3 is 3. The lowest BCUT2D eigenvalue weighted by Gasteiger charge is -2.13. The maximum Gasteiger partial charge on any atom is 0.212 e. The highest BCUT2D eigenvalue weighted by Gasteiger charge is 2.22. The molecule has 0 aliphatic carbocycles. The van der Waals surface area contributed by atoms with Crippen LogP contribution in [-0.4, -0.2) is 36.9 Å². The fourth-order valence-corrected chi connectivity index (χ4v) is 2.27. The van der Waals surface area contributed by atoms with Crippen molar-refractivity contribution in [1.82, 2.24) is 9.78 Å². The molecule has 2 aromatic rings. The number of hydrogen-bond acceptors (Lipinski definition) is 5. The molecule has 0 radical (unpaired) electrons. The smallest absolute Gasteiger partial charge is 0.212 e. The Labute approximate surface area is 127 Å². The Hall–Kier alpha value is -2.21. The summed E-state index contributed by atoms with van der Waals surface area (Å²) < 4.78 is 17.1. The van der Waals surface area contributed by atoms with Crippen molar-refractivity contribution in [2.75, 3.05) is 21.3 Å². The lowest BCUT2D eigenvalue weighted by molar-refractivity contribution is 0.102. The molecule has 0 bridgehead atoms. The van der Waals surface area contributed by atoms with E-state index in [2.05, 4.69) is 5.10 Å². The van der Waals surface area contributed by atoms with Gasteiger partial charge in [0, 0.05) is 12.6 Å². The Morgan fingerprint density at radius 2 is 1.71 bits per heavy atom. The molecule has 0 aliphatic rings. The van der Waals surface area contributed by atoms with Crippen LogP contribution in [-0.2, 0) is 7.05 Å². The van der Waals surface area contributed by atoms with E-state index in [0.29, 0.717) is 28.5 Å². The van der Waals surface area contributed by atoms with Crippen molar-refractivity contribution in [2.45, 2.75) is 0 Å². The van der Waals surface area contributed by atoms with Crippen molar-refractivity contribution in [3.8, 4) is 17.2 Å². The van der Waals surface area contributed by atoms with Gasteiger partial charge < -0.3 is 14.2 Å². The third-order valence-corrected chi connectivity index (χ3v) is 3.31. The van der Waals surface area contributed by atoms with E-state index >= 15 is 0 Å². The number of benzene rings is 1. The molecule has 0 atom stereocenters. The summed E-state index contributed by atoms with van der Waals surface area (Å²) in [6.07, 6.45) is 1.42. The SMILES string of the molecule is COc1cc(C(=O)c2c(Cl)cnn2C)cc(OC)c1OC. The molecule has 7 heteroatoms. The van der Waals surface area contributed by atoms with Gasteiger partial charge >= 0.3 is 0 Å². The summed E-state index contributed by atoms with van der Waals surface area (Å²) in [6, 6.07) is 3.15. The molecule has 0 saturated carbocycles. The van der Waals surface area contributed by atoms with Crippen molar-refractivity contribution >= 4 is 17.4 Å². The average Bonchev–Trinajstić information content (AvgIpc) is 2.83. The zero-order chi connectivity index (χ0) is 15.6. The number of ether oxygens (including phenoxy) is 3. The number of nitrogens with zero attached hydrogens (tertiary/aromatic N) is 2. The molecule has 0 saturated heterocycles. The highest BCUT2D eigenvalue weighted by molar-refractivity contribution is 6.34. The lowest BCUT2D eigenvalue weighted by atomic mass is 10.1. The molecule has 0 N–H and O–H groups in total. The molecule has 0 aliphatic heterocycles. The first-order chi connectivity index (χ1) is 10.0. The van der Waals surface area contributed by atoms with Gasteiger partial charge in [0.2, 0.25) is 11.5 Å². The first-order valence-electron chi connectivity index (χ1n) is 6.05. The molecule has 21 heavy (non-hydrogen) atoms. The van der Waals surface area contributed by atoms with Crippen LogP contribution in [0.25, 0.3) is 0 Å². The molecule has 1 aromatic heterocycles. The molecule has 1 aromatic carbocycles. The molecule has 0 amide bonds. The van der Waals surface area contributed by atoms with Crippen molar-refractivity contribution in [2.24, 2.45) is 7.05 Å². The Morgan fingerprint density at radius 1 is 1.14 bits per heavy atom. The maximum absolute atomic E-state index is 12.6. The summed E-state index contributed by atoms with van der Waals surface area (Å²) in [7, 11) is 6.13. The Morgan fingerprint density at radius 3 is 2.10 bits per heavy atom. The van der Waals surface area contributed by atoms with Crippen LogP contribution in [0.4, 0.5) is 0 Å². The minimum absolute atomic E-state index is 0.278. The number of aryl methyl sites for hydroxylation is 1. The average molecular weight is 311 g/mol. The van der Waals surface area contributed by atoms with Gasteiger partial charge in [-0.15, -0.1) is 0 Å². The van der Waals surface area contributed by atoms with Crippen LogP contribution in [0.1, 0.15) is 16.1 Å². The maximum atomic E-state index is 12.6. The zero-order valence-corrected chi connectivity index (χ0v) is 12.9. The largest absolute Gasteiger partial charge is 0.493 e. The molecule has 1 heterocycles. The van der Waals surface area contributed by atoms with E-state index in [1.54, 1.807) is 19.2 Å². The highest BCUT2D eigenvalue weighted by Crippen LogP contribution is 2.38. The minimum Gasteiger partial charge on any atom is -0.493 e. The van der Waals surface area contributed by atoms with Crippen LogP contribution >= 0.6 is 11.6 Å². The van der Waals surface area contributed by atoms with Gasteiger partial charge in [0.05, 0.1) is 32.5 Å². The van der Waals surface area contributed by atoms with E-state index in [1.165, 1.54) is 32.2 Å². The number of carbonyl (C=O) groups is 1. The van der Waals surface area contributed by atoms with Crippen molar-refractivity contribution in [3.63, 3.8) is 0 Å². The molecule has 6 nitrogen and oxygen atoms in total. The highest BCUT2D eigenvalue weighted by atomic mass is 35.5. The number of halogens is 1. The quantitative estimate of drug-likeness (QED) is 0.793. The Bertz CT molecular complexity index is 637. The molecule has 0 unspecified atom stereocenters. The Balaban J connectivity index is 2.57. The molecular formula is C14H15ClN2O4. The number of ketones is 1. The van der Waals surface area contributed by atoms with Crippen molar-refractivity contribution < 1.29 is 19.0 Å². The van der Waals surface area contributed by atoms with Crippen LogP contribution in [0.2, 0.25) is 5.02 Å². The van der Waals surface area contributed by atoms with Gasteiger partial charge in [-0.1, -0.05) is 11.6 Å². The first kappa shape index (κ1) is 15.2. The third kappa shape index (κ3) is 2.67. The van der Waals surface area contributed by atoms with E-state index in [4.69, 9.17) is 25.8 Å². The first-order valence-corrected chi connectivity index (χ1v) is 6.43. The minimum atomic E-state index is -0.278. The second-order valence-electron chi connectivity index (χ2n) is 4.21. The van der Waals surface area contributed by atoms with Gasteiger partial charge in [-0.2, -0.15) is 5.10 Å². The van der Waals surface area contributed by atoms with Crippen LogP contribution in [0.15, 0.2) is 18.3 Å². The van der Waals surface area contributed by atoms with Crippen LogP contribution in [0, 0.1) is 0 Å². The molecule has 0 spiro atoms.